The maximum absolute atomic E-state index is 12.4. The summed E-state index contributed by atoms with van der Waals surface area (Å²) in [5, 5.41) is 11.9. The second-order valence-corrected chi connectivity index (χ2v) is 8.69. The lowest BCUT2D eigenvalue weighted by Crippen LogP contribution is -2.34. The molecule has 1 aliphatic rings. The van der Waals surface area contributed by atoms with E-state index in [4.69, 9.17) is 0 Å². The molecular formula is C15H18N4O3S2. The number of hydrogen-bond donors (Lipinski definition) is 1. The molecule has 128 valence electrons. The minimum Gasteiger partial charge on any atom is -0.296 e. The van der Waals surface area contributed by atoms with Gasteiger partial charge in [-0.25, -0.2) is 8.42 Å². The predicted octanol–water partition coefficient (Wildman–Crippen LogP) is 2.06. The van der Waals surface area contributed by atoms with Gasteiger partial charge in [-0.3, -0.25) is 14.4 Å². The molecule has 0 spiro atoms. The van der Waals surface area contributed by atoms with E-state index in [1.807, 2.05) is 13.8 Å². The zero-order valence-electron chi connectivity index (χ0n) is 13.6. The Morgan fingerprint density at radius 2 is 2.17 bits per heavy atom. The Labute approximate surface area is 144 Å². The molecule has 0 saturated carbocycles. The number of rotatable bonds is 4. The van der Waals surface area contributed by atoms with E-state index in [0.29, 0.717) is 22.8 Å². The highest BCUT2D eigenvalue weighted by molar-refractivity contribution is 7.92. The van der Waals surface area contributed by atoms with Gasteiger partial charge in [0.05, 0.1) is 11.9 Å². The molecule has 2 heterocycles. The molecule has 0 bridgehead atoms. The van der Waals surface area contributed by atoms with Gasteiger partial charge in [-0.15, -0.1) is 10.2 Å². The number of nitrogens with zero attached hydrogens (tertiary/aromatic N) is 3. The molecule has 1 aliphatic heterocycles. The minimum atomic E-state index is -3.33. The molecule has 0 aliphatic carbocycles. The van der Waals surface area contributed by atoms with Crippen molar-refractivity contribution in [3.63, 3.8) is 0 Å². The van der Waals surface area contributed by atoms with Gasteiger partial charge in [0, 0.05) is 11.6 Å². The van der Waals surface area contributed by atoms with Gasteiger partial charge in [-0.2, -0.15) is 0 Å². The van der Waals surface area contributed by atoms with Gasteiger partial charge in [0.2, 0.25) is 15.2 Å². The highest BCUT2D eigenvalue weighted by atomic mass is 32.2. The van der Waals surface area contributed by atoms with E-state index in [9.17, 15) is 13.2 Å². The summed E-state index contributed by atoms with van der Waals surface area (Å²) in [5.41, 5.74) is 1.97. The summed E-state index contributed by atoms with van der Waals surface area (Å²) in [6, 6.07) is 4.91. The maximum Gasteiger partial charge on any atom is 0.257 e. The van der Waals surface area contributed by atoms with Crippen LogP contribution < -0.4 is 9.62 Å². The van der Waals surface area contributed by atoms with E-state index in [0.717, 1.165) is 17.0 Å². The Morgan fingerprint density at radius 1 is 1.42 bits per heavy atom. The van der Waals surface area contributed by atoms with E-state index >= 15 is 0 Å². The first-order valence-corrected chi connectivity index (χ1v) is 10.2. The van der Waals surface area contributed by atoms with Crippen LogP contribution in [0.25, 0.3) is 0 Å². The van der Waals surface area contributed by atoms with Crippen molar-refractivity contribution in [1.82, 2.24) is 10.2 Å². The van der Waals surface area contributed by atoms with Crippen molar-refractivity contribution < 1.29 is 13.2 Å². The molecule has 1 unspecified atom stereocenters. The van der Waals surface area contributed by atoms with Gasteiger partial charge >= 0.3 is 0 Å². The summed E-state index contributed by atoms with van der Waals surface area (Å²) in [5.74, 6) is -0.276. The van der Waals surface area contributed by atoms with Crippen molar-refractivity contribution in [3.8, 4) is 0 Å². The lowest BCUT2D eigenvalue weighted by Gasteiger charge is -2.21. The normalized spacial score (nSPS) is 17.0. The minimum absolute atomic E-state index is 0.149. The average molecular weight is 366 g/mol. The second-order valence-electron chi connectivity index (χ2n) is 5.76. The van der Waals surface area contributed by atoms with Gasteiger partial charge in [-0.05, 0) is 43.5 Å². The van der Waals surface area contributed by atoms with Crippen LogP contribution in [0.15, 0.2) is 18.2 Å². The SMILES string of the molecule is CCc1nnc(NC(=O)c2ccc3c(c2)CC(C)N3S(C)(=O)=O)s1. The molecule has 1 aromatic heterocycles. The van der Waals surface area contributed by atoms with Gasteiger partial charge < -0.3 is 0 Å². The fourth-order valence-electron chi connectivity index (χ4n) is 2.87. The van der Waals surface area contributed by atoms with Crippen LogP contribution in [0.2, 0.25) is 0 Å². The fraction of sp³-hybridized carbons (Fsp3) is 0.400. The number of hydrogen-bond acceptors (Lipinski definition) is 6. The maximum atomic E-state index is 12.4. The third-order valence-electron chi connectivity index (χ3n) is 3.84. The third kappa shape index (κ3) is 3.13. The average Bonchev–Trinajstić information content (AvgIpc) is 3.08. The lowest BCUT2D eigenvalue weighted by atomic mass is 10.1. The Balaban J connectivity index is 1.84. The molecule has 0 fully saturated rings. The molecular weight excluding hydrogens is 348 g/mol. The summed E-state index contributed by atoms with van der Waals surface area (Å²) in [6.07, 6.45) is 2.55. The lowest BCUT2D eigenvalue weighted by molar-refractivity contribution is 0.102. The van der Waals surface area contributed by atoms with Crippen LogP contribution in [0.1, 0.15) is 34.8 Å². The molecule has 0 saturated heterocycles. The Kier molecular flexibility index (Phi) is 4.31. The number of carbonyl (C=O) groups is 1. The van der Waals surface area contributed by atoms with Crippen LogP contribution in [-0.4, -0.2) is 36.8 Å². The van der Waals surface area contributed by atoms with Crippen LogP contribution in [0.5, 0.6) is 0 Å². The number of sulfonamides is 1. The Morgan fingerprint density at radius 3 is 2.79 bits per heavy atom. The van der Waals surface area contributed by atoms with E-state index in [-0.39, 0.29) is 11.9 Å². The van der Waals surface area contributed by atoms with Gasteiger partial charge in [0.15, 0.2) is 0 Å². The Hall–Kier alpha value is -2.00. The van der Waals surface area contributed by atoms with Crippen molar-refractivity contribution in [2.45, 2.75) is 32.7 Å². The predicted molar refractivity (Wildman–Crippen MR) is 94.2 cm³/mol. The van der Waals surface area contributed by atoms with Gasteiger partial charge in [-0.1, -0.05) is 18.3 Å². The molecule has 9 heteroatoms. The first-order chi connectivity index (χ1) is 11.3. The summed E-state index contributed by atoms with van der Waals surface area (Å²) < 4.78 is 25.3. The summed E-state index contributed by atoms with van der Waals surface area (Å²) >= 11 is 1.34. The quantitative estimate of drug-likeness (QED) is 0.894. The number of amides is 1. The smallest absolute Gasteiger partial charge is 0.257 e. The number of aromatic nitrogens is 2. The van der Waals surface area contributed by atoms with E-state index in [1.165, 1.54) is 21.9 Å². The molecule has 2 aromatic rings. The van der Waals surface area contributed by atoms with Crippen LogP contribution in [0.3, 0.4) is 0 Å². The molecule has 24 heavy (non-hydrogen) atoms. The molecule has 0 radical (unpaired) electrons. The summed E-state index contributed by atoms with van der Waals surface area (Å²) in [4.78, 5) is 12.4. The fourth-order valence-corrected chi connectivity index (χ4v) is 4.80. The number of benzene rings is 1. The van der Waals surface area contributed by atoms with E-state index in [2.05, 4.69) is 15.5 Å². The largest absolute Gasteiger partial charge is 0.296 e. The first kappa shape index (κ1) is 16.8. The molecule has 1 aromatic carbocycles. The molecule has 1 N–H and O–H groups in total. The van der Waals surface area contributed by atoms with Crippen LogP contribution >= 0.6 is 11.3 Å². The van der Waals surface area contributed by atoms with E-state index in [1.54, 1.807) is 18.2 Å². The van der Waals surface area contributed by atoms with Gasteiger partial charge in [0.1, 0.15) is 5.01 Å². The molecule has 7 nitrogen and oxygen atoms in total. The van der Waals surface area contributed by atoms with E-state index < -0.39 is 10.0 Å². The topological polar surface area (TPSA) is 92.3 Å². The van der Waals surface area contributed by atoms with Crippen molar-refractivity contribution in [2.24, 2.45) is 0 Å². The van der Waals surface area contributed by atoms with Gasteiger partial charge in [0.25, 0.3) is 5.91 Å². The number of fused-ring (bicyclic) bond motifs is 1. The third-order valence-corrected chi connectivity index (χ3v) is 6.10. The highest BCUT2D eigenvalue weighted by Crippen LogP contribution is 2.34. The monoisotopic (exact) mass is 366 g/mol. The summed E-state index contributed by atoms with van der Waals surface area (Å²) in [6.45, 7) is 3.83. The molecule has 1 amide bonds. The second kappa shape index (κ2) is 6.14. The molecule has 1 atom stereocenters. The number of anilines is 2. The first-order valence-electron chi connectivity index (χ1n) is 7.55. The number of carbonyl (C=O) groups excluding carboxylic acids is 1. The number of nitrogens with one attached hydrogen (secondary N) is 1. The van der Waals surface area contributed by atoms with Crippen LogP contribution in [0, 0.1) is 0 Å². The zero-order chi connectivity index (χ0) is 17.5. The summed E-state index contributed by atoms with van der Waals surface area (Å²) in [7, 11) is -3.33. The van der Waals surface area contributed by atoms with Crippen molar-refractivity contribution in [1.29, 1.82) is 0 Å². The highest BCUT2D eigenvalue weighted by Gasteiger charge is 2.32. The van der Waals surface area contributed by atoms with Crippen LogP contribution in [0.4, 0.5) is 10.8 Å². The standard InChI is InChI=1S/C15H18N4O3S2/c1-4-13-17-18-15(23-13)16-14(20)10-5-6-12-11(8-10)7-9(2)19(12)24(3,21)22/h5-6,8-9H,4,7H2,1-3H3,(H,16,18,20). The van der Waals surface area contributed by atoms with Crippen molar-refractivity contribution >= 4 is 38.1 Å². The van der Waals surface area contributed by atoms with Crippen molar-refractivity contribution in [2.75, 3.05) is 15.9 Å². The number of aryl methyl sites for hydroxylation is 1. The van der Waals surface area contributed by atoms with Crippen molar-refractivity contribution in [3.05, 3.63) is 34.3 Å². The Bertz CT molecular complexity index is 892. The molecule has 3 rings (SSSR count). The van der Waals surface area contributed by atoms with Crippen LogP contribution in [-0.2, 0) is 22.9 Å². The zero-order valence-corrected chi connectivity index (χ0v) is 15.2.